The molecule has 2 heterocycles. The SMILES string of the molecule is COC(=O)c1ccc(CSc2ccc(-c3cc(OC)c(OC)c(OC)c3)nn2)o1. The molecule has 152 valence electrons. The van der Waals surface area contributed by atoms with Crippen molar-refractivity contribution in [1.82, 2.24) is 10.2 Å². The van der Waals surface area contributed by atoms with Crippen LogP contribution in [0.25, 0.3) is 11.3 Å². The summed E-state index contributed by atoms with van der Waals surface area (Å²) in [6.07, 6.45) is 0. The number of nitrogens with zero attached hydrogens (tertiary/aromatic N) is 2. The van der Waals surface area contributed by atoms with E-state index in [4.69, 9.17) is 18.6 Å². The summed E-state index contributed by atoms with van der Waals surface area (Å²) in [5, 5.41) is 9.25. The number of hydrogen-bond donors (Lipinski definition) is 0. The number of hydrogen-bond acceptors (Lipinski definition) is 9. The van der Waals surface area contributed by atoms with Gasteiger partial charge in [0.2, 0.25) is 11.5 Å². The molecule has 0 spiro atoms. The minimum absolute atomic E-state index is 0.173. The molecule has 9 heteroatoms. The van der Waals surface area contributed by atoms with Gasteiger partial charge in [0.05, 0.1) is 39.9 Å². The standard InChI is InChI=1S/C20H20N2O6S/c1-24-16-9-12(10-17(25-2)19(16)26-3)14-6-8-18(22-21-14)29-11-13-5-7-15(28-13)20(23)27-4/h5-10H,11H2,1-4H3. The fourth-order valence-electron chi connectivity index (χ4n) is 2.59. The van der Waals surface area contributed by atoms with E-state index in [1.807, 2.05) is 24.3 Å². The Bertz CT molecular complexity index is 962. The van der Waals surface area contributed by atoms with Crippen LogP contribution < -0.4 is 14.2 Å². The van der Waals surface area contributed by atoms with E-state index in [1.54, 1.807) is 33.5 Å². The van der Waals surface area contributed by atoms with Crippen LogP contribution in [0.1, 0.15) is 16.3 Å². The van der Waals surface area contributed by atoms with Crippen molar-refractivity contribution >= 4 is 17.7 Å². The topological polar surface area (TPSA) is 92.9 Å². The molecule has 1 aromatic carbocycles. The smallest absolute Gasteiger partial charge is 0.373 e. The van der Waals surface area contributed by atoms with Crippen LogP contribution in [0.15, 0.2) is 45.8 Å². The molecule has 0 atom stereocenters. The number of ether oxygens (including phenoxy) is 4. The van der Waals surface area contributed by atoms with Crippen LogP contribution in [-0.2, 0) is 10.5 Å². The van der Waals surface area contributed by atoms with Crippen molar-refractivity contribution < 1.29 is 28.2 Å². The number of aromatic nitrogens is 2. The number of rotatable bonds is 8. The van der Waals surface area contributed by atoms with Gasteiger partial charge in [-0.1, -0.05) is 11.8 Å². The lowest BCUT2D eigenvalue weighted by molar-refractivity contribution is 0.0563. The van der Waals surface area contributed by atoms with Gasteiger partial charge in [0, 0.05) is 5.56 Å². The van der Waals surface area contributed by atoms with Crippen LogP contribution in [-0.4, -0.2) is 44.6 Å². The monoisotopic (exact) mass is 416 g/mol. The summed E-state index contributed by atoms with van der Waals surface area (Å²) in [5.41, 5.74) is 1.46. The first-order valence-corrected chi connectivity index (χ1v) is 9.52. The maximum absolute atomic E-state index is 11.4. The van der Waals surface area contributed by atoms with Crippen molar-refractivity contribution in [3.63, 3.8) is 0 Å². The molecule has 2 aromatic heterocycles. The summed E-state index contributed by atoms with van der Waals surface area (Å²) in [5.74, 6) is 2.43. The predicted molar refractivity (Wildman–Crippen MR) is 107 cm³/mol. The van der Waals surface area contributed by atoms with Gasteiger partial charge < -0.3 is 23.4 Å². The van der Waals surface area contributed by atoms with Gasteiger partial charge in [-0.15, -0.1) is 10.2 Å². The first kappa shape index (κ1) is 20.5. The molecule has 29 heavy (non-hydrogen) atoms. The largest absolute Gasteiger partial charge is 0.493 e. The Morgan fingerprint density at radius 2 is 1.69 bits per heavy atom. The van der Waals surface area contributed by atoms with Gasteiger partial charge in [-0.05, 0) is 36.4 Å². The lowest BCUT2D eigenvalue weighted by atomic mass is 10.1. The summed E-state index contributed by atoms with van der Waals surface area (Å²) in [6.45, 7) is 0. The van der Waals surface area contributed by atoms with Gasteiger partial charge in [-0.25, -0.2) is 4.79 Å². The zero-order chi connectivity index (χ0) is 20.8. The normalized spacial score (nSPS) is 10.5. The van der Waals surface area contributed by atoms with Crippen molar-refractivity contribution in [1.29, 1.82) is 0 Å². The maximum Gasteiger partial charge on any atom is 0.373 e. The number of carbonyl (C=O) groups excluding carboxylic acids is 1. The van der Waals surface area contributed by atoms with Gasteiger partial charge in [-0.2, -0.15) is 0 Å². The van der Waals surface area contributed by atoms with E-state index < -0.39 is 5.97 Å². The van der Waals surface area contributed by atoms with Crippen LogP contribution in [0.5, 0.6) is 17.2 Å². The van der Waals surface area contributed by atoms with E-state index in [0.29, 0.717) is 34.5 Å². The number of thioether (sulfide) groups is 1. The highest BCUT2D eigenvalue weighted by molar-refractivity contribution is 7.98. The zero-order valence-corrected chi connectivity index (χ0v) is 17.2. The second-order valence-electron chi connectivity index (χ2n) is 5.72. The number of methoxy groups -OCH3 is 4. The van der Waals surface area contributed by atoms with Crippen LogP contribution in [0.4, 0.5) is 0 Å². The average molecular weight is 416 g/mol. The first-order chi connectivity index (χ1) is 14.1. The van der Waals surface area contributed by atoms with Gasteiger partial charge in [-0.3, -0.25) is 0 Å². The number of furan rings is 1. The molecule has 8 nitrogen and oxygen atoms in total. The highest BCUT2D eigenvalue weighted by atomic mass is 32.2. The molecule has 0 aliphatic carbocycles. The van der Waals surface area contributed by atoms with E-state index in [9.17, 15) is 4.79 Å². The molecule has 3 rings (SSSR count). The Morgan fingerprint density at radius 1 is 0.966 bits per heavy atom. The zero-order valence-electron chi connectivity index (χ0n) is 16.4. The van der Waals surface area contributed by atoms with Crippen molar-refractivity contribution in [3.05, 3.63) is 47.9 Å². The molecule has 0 radical (unpaired) electrons. The number of esters is 1. The lowest BCUT2D eigenvalue weighted by Crippen LogP contribution is -1.98. The van der Waals surface area contributed by atoms with Gasteiger partial charge in [0.15, 0.2) is 11.5 Å². The second kappa shape index (κ2) is 9.33. The van der Waals surface area contributed by atoms with E-state index in [1.165, 1.54) is 18.9 Å². The minimum Gasteiger partial charge on any atom is -0.493 e. The summed E-state index contributed by atoms with van der Waals surface area (Å²) in [6, 6.07) is 10.7. The first-order valence-electron chi connectivity index (χ1n) is 8.53. The van der Waals surface area contributed by atoms with Crippen molar-refractivity contribution in [2.75, 3.05) is 28.4 Å². The molecular formula is C20H20N2O6S. The fourth-order valence-corrected chi connectivity index (χ4v) is 3.30. The number of carbonyl (C=O) groups is 1. The molecule has 0 fully saturated rings. The quantitative estimate of drug-likeness (QED) is 0.401. The molecule has 0 N–H and O–H groups in total. The van der Waals surface area contributed by atoms with Gasteiger partial charge >= 0.3 is 5.97 Å². The Labute approximate surface area is 172 Å². The fraction of sp³-hybridized carbons (Fsp3) is 0.250. The summed E-state index contributed by atoms with van der Waals surface area (Å²) in [7, 11) is 5.99. The van der Waals surface area contributed by atoms with Crippen molar-refractivity contribution in [3.8, 4) is 28.5 Å². The van der Waals surface area contributed by atoms with Crippen LogP contribution in [0, 0.1) is 0 Å². The molecule has 0 unspecified atom stereocenters. The van der Waals surface area contributed by atoms with E-state index in [-0.39, 0.29) is 5.76 Å². The highest BCUT2D eigenvalue weighted by Gasteiger charge is 2.15. The number of benzene rings is 1. The molecule has 0 aliphatic heterocycles. The molecule has 0 saturated carbocycles. The van der Waals surface area contributed by atoms with E-state index in [0.717, 1.165) is 10.6 Å². The summed E-state index contributed by atoms with van der Waals surface area (Å²) >= 11 is 1.44. The third-order valence-electron chi connectivity index (χ3n) is 4.01. The van der Waals surface area contributed by atoms with Crippen LogP contribution in [0.3, 0.4) is 0 Å². The molecule has 0 amide bonds. The Hall–Kier alpha value is -3.20. The van der Waals surface area contributed by atoms with Crippen molar-refractivity contribution in [2.24, 2.45) is 0 Å². The Morgan fingerprint density at radius 3 is 2.24 bits per heavy atom. The van der Waals surface area contributed by atoms with Gasteiger partial charge in [0.1, 0.15) is 10.8 Å². The van der Waals surface area contributed by atoms with Crippen LogP contribution >= 0.6 is 11.8 Å². The predicted octanol–water partition coefficient (Wildman–Crippen LogP) is 3.84. The molecule has 0 aliphatic rings. The summed E-state index contributed by atoms with van der Waals surface area (Å²) in [4.78, 5) is 11.4. The minimum atomic E-state index is -0.504. The van der Waals surface area contributed by atoms with E-state index >= 15 is 0 Å². The molecule has 3 aromatic rings. The second-order valence-corrected chi connectivity index (χ2v) is 6.71. The average Bonchev–Trinajstić information content (AvgIpc) is 3.25. The maximum atomic E-state index is 11.4. The Kier molecular flexibility index (Phi) is 6.61. The molecule has 0 bridgehead atoms. The summed E-state index contributed by atoms with van der Waals surface area (Å²) < 4.78 is 26.2. The Balaban J connectivity index is 1.73. The van der Waals surface area contributed by atoms with Crippen molar-refractivity contribution in [2.45, 2.75) is 10.8 Å². The molecule has 0 saturated heterocycles. The third-order valence-corrected chi connectivity index (χ3v) is 4.95. The van der Waals surface area contributed by atoms with Gasteiger partial charge in [0.25, 0.3) is 0 Å². The highest BCUT2D eigenvalue weighted by Crippen LogP contribution is 2.40. The van der Waals surface area contributed by atoms with E-state index in [2.05, 4.69) is 14.9 Å². The third kappa shape index (κ3) is 4.62. The van der Waals surface area contributed by atoms with Crippen LogP contribution in [0.2, 0.25) is 0 Å². The lowest BCUT2D eigenvalue weighted by Gasteiger charge is -2.13. The molecular weight excluding hydrogens is 396 g/mol.